The zero-order valence-electron chi connectivity index (χ0n) is 11.1. The number of anilines is 1. The molecule has 1 heterocycles. The summed E-state index contributed by atoms with van der Waals surface area (Å²) in [6.07, 6.45) is 0.769. The van der Waals surface area contributed by atoms with E-state index in [1.807, 2.05) is 7.05 Å². The maximum atomic E-state index is 6.10. The standard InChI is InChI=1S/C14H19N3O/c1-10-4-6-11(7-5-10)13-12(8-9-18-3)16-17(2)14(13)15/h4-7H,8-9,15H2,1-3H3. The number of hydrogen-bond donors (Lipinski definition) is 1. The second-order valence-electron chi connectivity index (χ2n) is 4.44. The number of nitrogen functional groups attached to an aromatic ring is 1. The monoisotopic (exact) mass is 245 g/mol. The van der Waals surface area contributed by atoms with E-state index in [2.05, 4.69) is 36.3 Å². The fraction of sp³-hybridized carbons (Fsp3) is 0.357. The van der Waals surface area contributed by atoms with Crippen LogP contribution in [0.25, 0.3) is 11.1 Å². The summed E-state index contributed by atoms with van der Waals surface area (Å²) in [5.74, 6) is 0.699. The molecule has 2 rings (SSSR count). The van der Waals surface area contributed by atoms with Crippen LogP contribution in [-0.2, 0) is 18.2 Å². The molecule has 96 valence electrons. The summed E-state index contributed by atoms with van der Waals surface area (Å²) in [6, 6.07) is 8.34. The fourth-order valence-electron chi connectivity index (χ4n) is 2.00. The molecule has 2 aromatic rings. The normalized spacial score (nSPS) is 10.8. The van der Waals surface area contributed by atoms with Gasteiger partial charge >= 0.3 is 0 Å². The first-order chi connectivity index (χ1) is 8.63. The Hall–Kier alpha value is -1.81. The second kappa shape index (κ2) is 5.23. The van der Waals surface area contributed by atoms with E-state index in [0.29, 0.717) is 12.4 Å². The van der Waals surface area contributed by atoms with Crippen LogP contribution in [0, 0.1) is 6.92 Å². The van der Waals surface area contributed by atoms with Crippen molar-refractivity contribution in [1.29, 1.82) is 0 Å². The Balaban J connectivity index is 2.44. The Kier molecular flexibility index (Phi) is 3.67. The van der Waals surface area contributed by atoms with Gasteiger partial charge in [-0.1, -0.05) is 29.8 Å². The van der Waals surface area contributed by atoms with Gasteiger partial charge in [-0.15, -0.1) is 0 Å². The molecule has 0 atom stereocenters. The van der Waals surface area contributed by atoms with Crippen LogP contribution in [-0.4, -0.2) is 23.5 Å². The molecule has 0 aliphatic heterocycles. The molecule has 0 amide bonds. The first-order valence-electron chi connectivity index (χ1n) is 6.00. The lowest BCUT2D eigenvalue weighted by Crippen LogP contribution is -1.98. The minimum absolute atomic E-state index is 0.648. The number of nitrogens with zero attached hydrogens (tertiary/aromatic N) is 2. The molecule has 4 heteroatoms. The molecule has 0 radical (unpaired) electrons. The molecule has 1 aromatic carbocycles. The Labute approximate surface area is 107 Å². The van der Waals surface area contributed by atoms with E-state index in [4.69, 9.17) is 10.5 Å². The highest BCUT2D eigenvalue weighted by atomic mass is 16.5. The Bertz CT molecular complexity index is 529. The number of benzene rings is 1. The number of ether oxygens (including phenoxy) is 1. The van der Waals surface area contributed by atoms with Gasteiger partial charge < -0.3 is 10.5 Å². The Morgan fingerprint density at radius 3 is 2.56 bits per heavy atom. The highest BCUT2D eigenvalue weighted by Crippen LogP contribution is 2.29. The van der Waals surface area contributed by atoms with Gasteiger partial charge in [-0.05, 0) is 12.5 Å². The van der Waals surface area contributed by atoms with Crippen LogP contribution < -0.4 is 5.73 Å². The maximum Gasteiger partial charge on any atom is 0.129 e. The van der Waals surface area contributed by atoms with Crippen LogP contribution in [0.3, 0.4) is 0 Å². The topological polar surface area (TPSA) is 53.1 Å². The van der Waals surface area contributed by atoms with Crippen LogP contribution in [0.15, 0.2) is 24.3 Å². The van der Waals surface area contributed by atoms with Crippen molar-refractivity contribution < 1.29 is 4.74 Å². The summed E-state index contributed by atoms with van der Waals surface area (Å²) in [6.45, 7) is 2.72. The molecule has 0 bridgehead atoms. The Morgan fingerprint density at radius 2 is 1.94 bits per heavy atom. The molecule has 0 aliphatic rings. The van der Waals surface area contributed by atoms with Crippen molar-refractivity contribution >= 4 is 5.82 Å². The quantitative estimate of drug-likeness (QED) is 0.898. The van der Waals surface area contributed by atoms with E-state index in [0.717, 1.165) is 23.2 Å². The predicted octanol–water partition coefficient (Wildman–Crippen LogP) is 2.17. The van der Waals surface area contributed by atoms with Crippen molar-refractivity contribution in [2.24, 2.45) is 7.05 Å². The largest absolute Gasteiger partial charge is 0.384 e. The third-order valence-electron chi connectivity index (χ3n) is 3.05. The second-order valence-corrected chi connectivity index (χ2v) is 4.44. The van der Waals surface area contributed by atoms with Crippen LogP contribution in [0.5, 0.6) is 0 Å². The minimum atomic E-state index is 0.648. The van der Waals surface area contributed by atoms with Crippen molar-refractivity contribution in [3.05, 3.63) is 35.5 Å². The molecule has 0 unspecified atom stereocenters. The molecular weight excluding hydrogens is 226 g/mol. The highest BCUT2D eigenvalue weighted by Gasteiger charge is 2.15. The van der Waals surface area contributed by atoms with E-state index >= 15 is 0 Å². The third-order valence-corrected chi connectivity index (χ3v) is 3.05. The third kappa shape index (κ3) is 2.38. The zero-order chi connectivity index (χ0) is 13.1. The summed E-state index contributed by atoms with van der Waals surface area (Å²) < 4.78 is 6.84. The van der Waals surface area contributed by atoms with Gasteiger partial charge in [0.05, 0.1) is 12.3 Å². The molecule has 0 saturated heterocycles. The molecule has 0 saturated carbocycles. The lowest BCUT2D eigenvalue weighted by atomic mass is 10.0. The average Bonchev–Trinajstić information content (AvgIpc) is 2.64. The number of rotatable bonds is 4. The molecule has 0 fully saturated rings. The number of methoxy groups -OCH3 is 1. The molecule has 4 nitrogen and oxygen atoms in total. The van der Waals surface area contributed by atoms with Gasteiger partial charge in [0, 0.05) is 26.1 Å². The van der Waals surface area contributed by atoms with E-state index in [9.17, 15) is 0 Å². The lowest BCUT2D eigenvalue weighted by Gasteiger charge is -2.04. The highest BCUT2D eigenvalue weighted by molar-refractivity contribution is 5.76. The SMILES string of the molecule is COCCc1nn(C)c(N)c1-c1ccc(C)cc1. The van der Waals surface area contributed by atoms with Gasteiger partial charge in [0.15, 0.2) is 0 Å². The van der Waals surface area contributed by atoms with Crippen molar-refractivity contribution in [2.75, 3.05) is 19.5 Å². The number of nitrogens with two attached hydrogens (primary N) is 1. The van der Waals surface area contributed by atoms with Gasteiger partial charge in [0.2, 0.25) is 0 Å². The van der Waals surface area contributed by atoms with Gasteiger partial charge in [-0.25, -0.2) is 0 Å². The molecular formula is C14H19N3O. The fourth-order valence-corrected chi connectivity index (χ4v) is 2.00. The molecule has 1 aromatic heterocycles. The molecule has 0 aliphatic carbocycles. The van der Waals surface area contributed by atoms with Gasteiger partial charge in [-0.2, -0.15) is 5.10 Å². The lowest BCUT2D eigenvalue weighted by molar-refractivity contribution is 0.201. The Morgan fingerprint density at radius 1 is 1.28 bits per heavy atom. The molecule has 2 N–H and O–H groups in total. The smallest absolute Gasteiger partial charge is 0.129 e. The van der Waals surface area contributed by atoms with Gasteiger partial charge in [0.25, 0.3) is 0 Å². The summed E-state index contributed by atoms with van der Waals surface area (Å²) in [5, 5.41) is 4.46. The van der Waals surface area contributed by atoms with Crippen molar-refractivity contribution in [2.45, 2.75) is 13.3 Å². The van der Waals surface area contributed by atoms with E-state index in [1.165, 1.54) is 5.56 Å². The molecule has 0 spiro atoms. The van der Waals surface area contributed by atoms with Crippen molar-refractivity contribution in [3.8, 4) is 11.1 Å². The van der Waals surface area contributed by atoms with Crippen molar-refractivity contribution in [3.63, 3.8) is 0 Å². The average molecular weight is 245 g/mol. The summed E-state index contributed by atoms with van der Waals surface area (Å²) in [4.78, 5) is 0. The number of aryl methyl sites for hydroxylation is 2. The van der Waals surface area contributed by atoms with Crippen LogP contribution in [0.1, 0.15) is 11.3 Å². The predicted molar refractivity (Wildman–Crippen MR) is 73.4 cm³/mol. The van der Waals surface area contributed by atoms with Crippen LogP contribution in [0.4, 0.5) is 5.82 Å². The van der Waals surface area contributed by atoms with Gasteiger partial charge in [0.1, 0.15) is 5.82 Å². The maximum absolute atomic E-state index is 6.10. The summed E-state index contributed by atoms with van der Waals surface area (Å²) >= 11 is 0. The number of aromatic nitrogens is 2. The molecule has 18 heavy (non-hydrogen) atoms. The van der Waals surface area contributed by atoms with E-state index in [1.54, 1.807) is 11.8 Å². The van der Waals surface area contributed by atoms with Gasteiger partial charge in [-0.3, -0.25) is 4.68 Å². The van der Waals surface area contributed by atoms with Crippen LogP contribution in [0.2, 0.25) is 0 Å². The zero-order valence-corrected chi connectivity index (χ0v) is 11.1. The van der Waals surface area contributed by atoms with Crippen molar-refractivity contribution in [1.82, 2.24) is 9.78 Å². The van der Waals surface area contributed by atoms with E-state index < -0.39 is 0 Å². The number of hydrogen-bond acceptors (Lipinski definition) is 3. The van der Waals surface area contributed by atoms with E-state index in [-0.39, 0.29) is 0 Å². The van der Waals surface area contributed by atoms with Crippen LogP contribution >= 0.6 is 0 Å². The minimum Gasteiger partial charge on any atom is -0.384 e. The first kappa shape index (κ1) is 12.6. The summed E-state index contributed by atoms with van der Waals surface area (Å²) in [7, 11) is 3.56. The first-order valence-corrected chi connectivity index (χ1v) is 6.00. The summed E-state index contributed by atoms with van der Waals surface area (Å²) in [5.41, 5.74) is 10.5.